The normalized spacial score (nSPS) is 19.4. The van der Waals surface area contributed by atoms with Crippen LogP contribution in [0.5, 0.6) is 0 Å². The summed E-state index contributed by atoms with van der Waals surface area (Å²) in [6.45, 7) is 2.16. The number of nitrogens with two attached hydrogens (primary N) is 2. The Labute approximate surface area is 140 Å². The predicted octanol–water partition coefficient (Wildman–Crippen LogP) is 3.03. The number of aromatic amines is 1. The molecule has 24 heavy (non-hydrogen) atoms. The second kappa shape index (κ2) is 5.33. The second-order valence-electron chi connectivity index (χ2n) is 6.80. The van der Waals surface area contributed by atoms with Crippen molar-refractivity contribution in [2.24, 2.45) is 17.4 Å². The molecule has 1 aliphatic carbocycles. The van der Waals surface area contributed by atoms with Crippen molar-refractivity contribution in [2.45, 2.75) is 31.8 Å². The molecular formula is C19H21N3O2. The number of nitrogens with one attached hydrogen (secondary N) is 1. The summed E-state index contributed by atoms with van der Waals surface area (Å²) in [5.41, 5.74) is 16.1. The molecule has 4 rings (SSSR count). The van der Waals surface area contributed by atoms with Gasteiger partial charge in [-0.15, -0.1) is 0 Å². The van der Waals surface area contributed by atoms with Crippen LogP contribution in [-0.2, 0) is 12.1 Å². The first-order valence-electron chi connectivity index (χ1n) is 8.29. The molecule has 1 aromatic carbocycles. The van der Waals surface area contributed by atoms with Gasteiger partial charge in [0.25, 0.3) is 0 Å². The first-order chi connectivity index (χ1) is 11.5. The fourth-order valence-corrected chi connectivity index (χ4v) is 3.79. The fourth-order valence-electron chi connectivity index (χ4n) is 3.79. The molecule has 124 valence electrons. The standard InChI is InChI=1S/C19H21N3O2/c1-2-11-7-15-14-8-12(17(23)13-5-6-24-10-13)3-4-16(14)22-18(15)19(20,21)9-11/h3-6,8,10-11,22H,2,7,9,20-21H2,1H3. The van der Waals surface area contributed by atoms with Gasteiger partial charge < -0.3 is 20.9 Å². The lowest BCUT2D eigenvalue weighted by Crippen LogP contribution is -2.50. The van der Waals surface area contributed by atoms with E-state index in [1.165, 1.54) is 12.5 Å². The number of fused-ring (bicyclic) bond motifs is 3. The Hall–Kier alpha value is -2.37. The summed E-state index contributed by atoms with van der Waals surface area (Å²) < 4.78 is 5.02. The Morgan fingerprint density at radius 3 is 2.88 bits per heavy atom. The lowest BCUT2D eigenvalue weighted by atomic mass is 9.79. The molecule has 1 atom stereocenters. The molecule has 2 heterocycles. The van der Waals surface area contributed by atoms with Crippen LogP contribution in [0.1, 0.15) is 46.9 Å². The van der Waals surface area contributed by atoms with E-state index in [1.807, 2.05) is 18.2 Å². The van der Waals surface area contributed by atoms with Gasteiger partial charge in [-0.3, -0.25) is 4.79 Å². The van der Waals surface area contributed by atoms with Gasteiger partial charge in [0.15, 0.2) is 5.78 Å². The highest BCUT2D eigenvalue weighted by Gasteiger charge is 2.36. The van der Waals surface area contributed by atoms with Gasteiger partial charge in [-0.05, 0) is 48.6 Å². The monoisotopic (exact) mass is 323 g/mol. The van der Waals surface area contributed by atoms with Crippen LogP contribution in [-0.4, -0.2) is 10.8 Å². The lowest BCUT2D eigenvalue weighted by Gasteiger charge is -2.34. The molecule has 5 heteroatoms. The van der Waals surface area contributed by atoms with Gasteiger partial charge in [0.2, 0.25) is 0 Å². The lowest BCUT2D eigenvalue weighted by molar-refractivity contribution is 0.103. The SMILES string of the molecule is CCC1Cc2c([nH]c3ccc(C(=O)c4ccoc4)cc23)C(N)(N)C1. The summed E-state index contributed by atoms with van der Waals surface area (Å²) in [5, 5.41) is 1.04. The molecule has 0 saturated carbocycles. The summed E-state index contributed by atoms with van der Waals surface area (Å²) in [6.07, 6.45) is 5.72. The second-order valence-corrected chi connectivity index (χ2v) is 6.80. The number of carbonyl (C=O) groups is 1. The van der Waals surface area contributed by atoms with Crippen LogP contribution in [0.2, 0.25) is 0 Å². The maximum Gasteiger partial charge on any atom is 0.196 e. The minimum atomic E-state index is -0.845. The number of aromatic nitrogens is 1. The molecule has 0 radical (unpaired) electrons. The van der Waals surface area contributed by atoms with Gasteiger partial charge in [0.05, 0.1) is 17.5 Å². The number of ketones is 1. The molecule has 0 bridgehead atoms. The maximum atomic E-state index is 12.6. The number of hydrogen-bond acceptors (Lipinski definition) is 4. The van der Waals surface area contributed by atoms with Crippen LogP contribution in [0.3, 0.4) is 0 Å². The number of benzene rings is 1. The molecule has 0 spiro atoms. The van der Waals surface area contributed by atoms with Gasteiger partial charge >= 0.3 is 0 Å². The molecule has 1 unspecified atom stereocenters. The van der Waals surface area contributed by atoms with Crippen molar-refractivity contribution in [1.29, 1.82) is 0 Å². The van der Waals surface area contributed by atoms with Gasteiger partial charge in [0, 0.05) is 16.5 Å². The first kappa shape index (κ1) is 15.2. The average Bonchev–Trinajstić information content (AvgIpc) is 3.21. The van der Waals surface area contributed by atoms with Crippen molar-refractivity contribution < 1.29 is 9.21 Å². The van der Waals surface area contributed by atoms with E-state index in [1.54, 1.807) is 6.07 Å². The highest BCUT2D eigenvalue weighted by Crippen LogP contribution is 2.38. The van der Waals surface area contributed by atoms with E-state index in [4.69, 9.17) is 15.9 Å². The fraction of sp³-hybridized carbons (Fsp3) is 0.316. The van der Waals surface area contributed by atoms with E-state index in [0.29, 0.717) is 17.0 Å². The zero-order valence-corrected chi connectivity index (χ0v) is 13.6. The third-order valence-corrected chi connectivity index (χ3v) is 5.11. The van der Waals surface area contributed by atoms with Crippen LogP contribution >= 0.6 is 0 Å². The van der Waals surface area contributed by atoms with E-state index in [2.05, 4.69) is 11.9 Å². The van der Waals surface area contributed by atoms with Crippen molar-refractivity contribution in [1.82, 2.24) is 4.98 Å². The quantitative estimate of drug-likeness (QED) is 0.509. The Kier molecular flexibility index (Phi) is 3.37. The molecule has 5 N–H and O–H groups in total. The third-order valence-electron chi connectivity index (χ3n) is 5.11. The Balaban J connectivity index is 1.85. The Morgan fingerprint density at radius 1 is 1.33 bits per heavy atom. The molecular weight excluding hydrogens is 302 g/mol. The van der Waals surface area contributed by atoms with Crippen LogP contribution in [0, 0.1) is 5.92 Å². The zero-order valence-electron chi connectivity index (χ0n) is 13.6. The number of carbonyl (C=O) groups excluding carboxylic acids is 1. The van der Waals surface area contributed by atoms with Gasteiger partial charge in [-0.25, -0.2) is 0 Å². The number of H-pyrrole nitrogens is 1. The van der Waals surface area contributed by atoms with E-state index >= 15 is 0 Å². The smallest absolute Gasteiger partial charge is 0.196 e. The van der Waals surface area contributed by atoms with E-state index in [-0.39, 0.29) is 5.78 Å². The molecule has 5 nitrogen and oxygen atoms in total. The summed E-state index contributed by atoms with van der Waals surface area (Å²) in [5.74, 6) is 0.412. The molecule has 2 aromatic heterocycles. The zero-order chi connectivity index (χ0) is 16.9. The summed E-state index contributed by atoms with van der Waals surface area (Å²) in [4.78, 5) is 15.9. The van der Waals surface area contributed by atoms with Gasteiger partial charge in [0.1, 0.15) is 11.9 Å². The van der Waals surface area contributed by atoms with Gasteiger partial charge in [-0.1, -0.05) is 13.3 Å². The number of rotatable bonds is 3. The van der Waals surface area contributed by atoms with Crippen LogP contribution in [0.4, 0.5) is 0 Å². The summed E-state index contributed by atoms with van der Waals surface area (Å²) in [7, 11) is 0. The highest BCUT2D eigenvalue weighted by atomic mass is 16.3. The van der Waals surface area contributed by atoms with E-state index in [9.17, 15) is 4.79 Å². The molecule has 0 saturated heterocycles. The third kappa shape index (κ3) is 2.28. The van der Waals surface area contributed by atoms with E-state index < -0.39 is 5.66 Å². The highest BCUT2D eigenvalue weighted by molar-refractivity contribution is 6.10. The topological polar surface area (TPSA) is 98.0 Å². The molecule has 0 amide bonds. The van der Waals surface area contributed by atoms with Crippen molar-refractivity contribution in [3.8, 4) is 0 Å². The molecule has 0 aliphatic heterocycles. The number of furan rings is 1. The largest absolute Gasteiger partial charge is 0.472 e. The summed E-state index contributed by atoms with van der Waals surface area (Å²) >= 11 is 0. The van der Waals surface area contributed by atoms with Crippen LogP contribution in [0.25, 0.3) is 10.9 Å². The predicted molar refractivity (Wildman–Crippen MR) is 92.6 cm³/mol. The first-order valence-corrected chi connectivity index (χ1v) is 8.29. The van der Waals surface area contributed by atoms with Crippen molar-refractivity contribution in [3.05, 3.63) is 59.2 Å². The minimum Gasteiger partial charge on any atom is -0.472 e. The summed E-state index contributed by atoms with van der Waals surface area (Å²) in [6, 6.07) is 7.37. The number of hydrogen-bond donors (Lipinski definition) is 3. The maximum absolute atomic E-state index is 12.6. The Morgan fingerprint density at radius 2 is 2.17 bits per heavy atom. The van der Waals surface area contributed by atoms with Crippen molar-refractivity contribution in [2.75, 3.05) is 0 Å². The average molecular weight is 323 g/mol. The van der Waals surface area contributed by atoms with Crippen LogP contribution in [0.15, 0.2) is 41.2 Å². The molecule has 3 aromatic rings. The van der Waals surface area contributed by atoms with Crippen LogP contribution < -0.4 is 11.5 Å². The van der Waals surface area contributed by atoms with Crippen molar-refractivity contribution >= 4 is 16.7 Å². The Bertz CT molecular complexity index is 906. The van der Waals surface area contributed by atoms with Crippen molar-refractivity contribution in [3.63, 3.8) is 0 Å². The van der Waals surface area contributed by atoms with E-state index in [0.717, 1.165) is 41.4 Å². The van der Waals surface area contributed by atoms with Gasteiger partial charge in [-0.2, -0.15) is 0 Å². The minimum absolute atomic E-state index is 0.0461. The molecule has 1 aliphatic rings. The molecule has 0 fully saturated rings.